The van der Waals surface area contributed by atoms with E-state index in [1.165, 1.54) is 12.1 Å². The molecule has 0 spiro atoms. The molecule has 0 fully saturated rings. The lowest BCUT2D eigenvalue weighted by atomic mass is 10.1. The minimum absolute atomic E-state index is 0.0530. The van der Waals surface area contributed by atoms with Crippen LogP contribution in [0.4, 0.5) is 4.39 Å². The maximum absolute atomic E-state index is 12.4. The lowest BCUT2D eigenvalue weighted by molar-refractivity contribution is 0.625. The van der Waals surface area contributed by atoms with E-state index in [1.54, 1.807) is 12.1 Å². The molecule has 0 radical (unpaired) electrons. The molecule has 0 aliphatic rings. The SMILES string of the molecule is C[C@H](NCl)c1ccc(F)cc1. The maximum atomic E-state index is 12.4. The lowest BCUT2D eigenvalue weighted by Gasteiger charge is -2.07. The van der Waals surface area contributed by atoms with Gasteiger partial charge in [0.25, 0.3) is 0 Å². The van der Waals surface area contributed by atoms with Crippen LogP contribution in [0.5, 0.6) is 0 Å². The molecule has 0 aliphatic carbocycles. The Bertz CT molecular complexity index is 222. The van der Waals surface area contributed by atoms with E-state index in [-0.39, 0.29) is 11.9 Å². The van der Waals surface area contributed by atoms with E-state index >= 15 is 0 Å². The van der Waals surface area contributed by atoms with E-state index in [9.17, 15) is 4.39 Å². The highest BCUT2D eigenvalue weighted by Crippen LogP contribution is 2.12. The van der Waals surface area contributed by atoms with Gasteiger partial charge in [-0.1, -0.05) is 12.1 Å². The van der Waals surface area contributed by atoms with Crippen LogP contribution in [-0.2, 0) is 0 Å². The number of hydrogen-bond donors (Lipinski definition) is 1. The second-order valence-corrected chi connectivity index (χ2v) is 2.60. The van der Waals surface area contributed by atoms with Crippen LogP contribution < -0.4 is 4.84 Å². The second kappa shape index (κ2) is 3.69. The summed E-state index contributed by atoms with van der Waals surface area (Å²) in [7, 11) is 0. The van der Waals surface area contributed by atoms with Crippen molar-refractivity contribution in [1.29, 1.82) is 0 Å². The third-order valence-electron chi connectivity index (χ3n) is 1.53. The van der Waals surface area contributed by atoms with E-state index < -0.39 is 0 Å². The zero-order valence-corrected chi connectivity index (χ0v) is 6.90. The highest BCUT2D eigenvalue weighted by molar-refractivity contribution is 6.13. The van der Waals surface area contributed by atoms with Gasteiger partial charge in [0.1, 0.15) is 5.82 Å². The fourth-order valence-corrected chi connectivity index (χ4v) is 0.940. The summed E-state index contributed by atoms with van der Waals surface area (Å²) in [5.41, 5.74) is 0.974. The van der Waals surface area contributed by atoms with Crippen LogP contribution >= 0.6 is 11.8 Å². The summed E-state index contributed by atoms with van der Waals surface area (Å²) in [5, 5.41) is 0. The second-order valence-electron chi connectivity index (χ2n) is 2.38. The molecule has 0 bridgehead atoms. The molecule has 0 amide bonds. The van der Waals surface area contributed by atoms with Crippen LogP contribution in [0.25, 0.3) is 0 Å². The van der Waals surface area contributed by atoms with Gasteiger partial charge in [-0.25, -0.2) is 9.23 Å². The predicted molar refractivity (Wildman–Crippen MR) is 43.8 cm³/mol. The summed E-state index contributed by atoms with van der Waals surface area (Å²) in [6.07, 6.45) is 0. The van der Waals surface area contributed by atoms with Gasteiger partial charge in [0, 0.05) is 6.04 Å². The van der Waals surface area contributed by atoms with Crippen molar-refractivity contribution in [2.45, 2.75) is 13.0 Å². The number of rotatable bonds is 2. The van der Waals surface area contributed by atoms with Gasteiger partial charge in [-0.05, 0) is 36.4 Å². The smallest absolute Gasteiger partial charge is 0.123 e. The van der Waals surface area contributed by atoms with E-state index in [1.807, 2.05) is 6.92 Å². The van der Waals surface area contributed by atoms with Crippen molar-refractivity contribution >= 4 is 11.8 Å². The van der Waals surface area contributed by atoms with E-state index in [4.69, 9.17) is 11.8 Å². The highest BCUT2D eigenvalue weighted by Gasteiger charge is 2.01. The Hall–Kier alpha value is -0.600. The Morgan fingerprint density at radius 3 is 2.36 bits per heavy atom. The quantitative estimate of drug-likeness (QED) is 0.678. The van der Waals surface area contributed by atoms with Crippen molar-refractivity contribution in [3.05, 3.63) is 35.6 Å². The summed E-state index contributed by atoms with van der Waals surface area (Å²) in [6.45, 7) is 1.90. The monoisotopic (exact) mass is 173 g/mol. The van der Waals surface area contributed by atoms with Gasteiger partial charge in [0.2, 0.25) is 0 Å². The van der Waals surface area contributed by atoms with Crippen LogP contribution in [0.3, 0.4) is 0 Å². The number of hydrogen-bond acceptors (Lipinski definition) is 1. The standard InChI is InChI=1S/C8H9ClFN/c1-6(11-9)7-2-4-8(10)5-3-7/h2-6,11H,1H3/t6-/m0/s1. The van der Waals surface area contributed by atoms with Crippen molar-refractivity contribution in [3.63, 3.8) is 0 Å². The molecule has 1 aromatic carbocycles. The molecule has 0 unspecified atom stereocenters. The van der Waals surface area contributed by atoms with E-state index in [0.29, 0.717) is 0 Å². The molecule has 0 saturated carbocycles. The lowest BCUT2D eigenvalue weighted by Crippen LogP contribution is -2.05. The summed E-state index contributed by atoms with van der Waals surface area (Å²) in [5.74, 6) is -0.226. The Kier molecular flexibility index (Phi) is 2.85. The third kappa shape index (κ3) is 2.17. The predicted octanol–water partition coefficient (Wildman–Crippen LogP) is 2.63. The zero-order chi connectivity index (χ0) is 8.27. The molecule has 0 heterocycles. The van der Waals surface area contributed by atoms with Gasteiger partial charge < -0.3 is 0 Å². The summed E-state index contributed by atoms with van der Waals surface area (Å²) in [6, 6.07) is 6.29. The average Bonchev–Trinajstić information content (AvgIpc) is 2.05. The first-order valence-electron chi connectivity index (χ1n) is 3.35. The van der Waals surface area contributed by atoms with Gasteiger partial charge in [-0.2, -0.15) is 0 Å². The number of benzene rings is 1. The fraction of sp³-hybridized carbons (Fsp3) is 0.250. The van der Waals surface area contributed by atoms with Crippen LogP contribution in [0.2, 0.25) is 0 Å². The minimum atomic E-state index is -0.226. The molecule has 1 nitrogen and oxygen atoms in total. The largest absolute Gasteiger partial charge is 0.226 e. The van der Waals surface area contributed by atoms with Crippen LogP contribution in [0.1, 0.15) is 18.5 Å². The Morgan fingerprint density at radius 2 is 1.91 bits per heavy atom. The summed E-state index contributed by atoms with van der Waals surface area (Å²) >= 11 is 5.38. The number of halogens is 2. The van der Waals surface area contributed by atoms with Crippen LogP contribution in [0, 0.1) is 5.82 Å². The minimum Gasteiger partial charge on any atom is -0.226 e. The van der Waals surface area contributed by atoms with Crippen molar-refractivity contribution in [2.75, 3.05) is 0 Å². The molecule has 11 heavy (non-hydrogen) atoms. The van der Waals surface area contributed by atoms with Crippen molar-refractivity contribution in [1.82, 2.24) is 4.84 Å². The Balaban J connectivity index is 2.81. The molecule has 0 aromatic heterocycles. The van der Waals surface area contributed by atoms with Crippen molar-refractivity contribution in [3.8, 4) is 0 Å². The average molecular weight is 174 g/mol. The molecule has 60 valence electrons. The molecular formula is C8H9ClFN. The Morgan fingerprint density at radius 1 is 1.36 bits per heavy atom. The normalized spacial score (nSPS) is 13.0. The first-order valence-corrected chi connectivity index (χ1v) is 3.73. The van der Waals surface area contributed by atoms with Gasteiger partial charge in [0.05, 0.1) is 0 Å². The summed E-state index contributed by atoms with van der Waals surface area (Å²) in [4.78, 5) is 2.55. The molecule has 1 rings (SSSR count). The van der Waals surface area contributed by atoms with Crippen molar-refractivity contribution in [2.24, 2.45) is 0 Å². The zero-order valence-electron chi connectivity index (χ0n) is 6.14. The van der Waals surface area contributed by atoms with Gasteiger partial charge >= 0.3 is 0 Å². The first kappa shape index (κ1) is 8.50. The number of nitrogens with one attached hydrogen (secondary N) is 1. The van der Waals surface area contributed by atoms with E-state index in [2.05, 4.69) is 4.84 Å². The summed E-state index contributed by atoms with van der Waals surface area (Å²) < 4.78 is 12.4. The fourth-order valence-electron chi connectivity index (χ4n) is 0.814. The van der Waals surface area contributed by atoms with Gasteiger partial charge in [0.15, 0.2) is 0 Å². The van der Waals surface area contributed by atoms with Crippen LogP contribution in [0.15, 0.2) is 24.3 Å². The highest BCUT2D eigenvalue weighted by atomic mass is 35.5. The van der Waals surface area contributed by atoms with E-state index in [0.717, 1.165) is 5.56 Å². The molecule has 3 heteroatoms. The molecular weight excluding hydrogens is 165 g/mol. The Labute approximate surface area is 70.3 Å². The molecule has 0 saturated heterocycles. The van der Waals surface area contributed by atoms with Crippen molar-refractivity contribution < 1.29 is 4.39 Å². The van der Waals surface area contributed by atoms with Gasteiger partial charge in [-0.3, -0.25) is 0 Å². The van der Waals surface area contributed by atoms with Crippen LogP contribution in [-0.4, -0.2) is 0 Å². The molecule has 1 atom stereocenters. The maximum Gasteiger partial charge on any atom is 0.123 e. The first-order chi connectivity index (χ1) is 5.24. The topological polar surface area (TPSA) is 12.0 Å². The van der Waals surface area contributed by atoms with Gasteiger partial charge in [-0.15, -0.1) is 0 Å². The molecule has 1 aromatic rings. The third-order valence-corrected chi connectivity index (χ3v) is 1.86. The molecule has 1 N–H and O–H groups in total. The molecule has 0 aliphatic heterocycles.